The summed E-state index contributed by atoms with van der Waals surface area (Å²) in [6.45, 7) is 5.65. The van der Waals surface area contributed by atoms with Gasteiger partial charge < -0.3 is 9.64 Å². The Labute approximate surface area is 146 Å². The molecule has 4 rings (SSSR count). The van der Waals surface area contributed by atoms with Crippen molar-refractivity contribution in [1.82, 2.24) is 14.3 Å². The van der Waals surface area contributed by atoms with Gasteiger partial charge in [0.15, 0.2) is 0 Å². The number of imidazole rings is 1. The molecule has 0 radical (unpaired) electrons. The van der Waals surface area contributed by atoms with Crippen molar-refractivity contribution in [1.29, 1.82) is 0 Å². The molecule has 1 aliphatic heterocycles. The fourth-order valence-electron chi connectivity index (χ4n) is 3.34. The Morgan fingerprint density at radius 1 is 1.16 bits per heavy atom. The third kappa shape index (κ3) is 2.91. The number of carbonyl (C=O) groups excluding carboxylic acids is 1. The lowest BCUT2D eigenvalue weighted by atomic mass is 10.1. The standard InChI is InChI=1S/C20H21N3O2/c1-14-6-8-16(9-7-14)17-13-22(11-12-25-17)20(24)19-15(2)21-18-5-3-4-10-23(18)19/h3-10,17H,11-13H2,1-2H3. The van der Waals surface area contributed by atoms with Crippen LogP contribution in [0.5, 0.6) is 0 Å². The van der Waals surface area contributed by atoms with Crippen molar-refractivity contribution in [3.63, 3.8) is 0 Å². The number of aryl methyl sites for hydroxylation is 2. The number of carbonyl (C=O) groups is 1. The minimum absolute atomic E-state index is 0.0108. The number of amides is 1. The number of hydrogen-bond acceptors (Lipinski definition) is 3. The largest absolute Gasteiger partial charge is 0.370 e. The Morgan fingerprint density at radius 2 is 1.96 bits per heavy atom. The molecule has 25 heavy (non-hydrogen) atoms. The van der Waals surface area contributed by atoms with Crippen LogP contribution in [0, 0.1) is 13.8 Å². The van der Waals surface area contributed by atoms with E-state index in [1.807, 2.05) is 40.6 Å². The summed E-state index contributed by atoms with van der Waals surface area (Å²) >= 11 is 0. The van der Waals surface area contributed by atoms with E-state index >= 15 is 0 Å². The SMILES string of the molecule is Cc1ccc(C2CN(C(=O)c3c(C)nc4ccccn34)CCO2)cc1. The predicted octanol–water partition coefficient (Wildman–Crippen LogP) is 3.16. The molecule has 5 heteroatoms. The van der Waals surface area contributed by atoms with Crippen molar-refractivity contribution in [2.24, 2.45) is 0 Å². The van der Waals surface area contributed by atoms with Crippen molar-refractivity contribution in [2.75, 3.05) is 19.7 Å². The molecule has 128 valence electrons. The lowest BCUT2D eigenvalue weighted by Gasteiger charge is -2.33. The Kier molecular flexibility index (Phi) is 4.01. The molecule has 1 fully saturated rings. The molecule has 0 N–H and O–H groups in total. The summed E-state index contributed by atoms with van der Waals surface area (Å²) in [5.41, 5.74) is 4.52. The fraction of sp³-hybridized carbons (Fsp3) is 0.300. The van der Waals surface area contributed by atoms with Gasteiger partial charge in [0.2, 0.25) is 0 Å². The quantitative estimate of drug-likeness (QED) is 0.723. The van der Waals surface area contributed by atoms with Crippen molar-refractivity contribution in [2.45, 2.75) is 20.0 Å². The van der Waals surface area contributed by atoms with E-state index in [1.165, 1.54) is 5.56 Å². The fourth-order valence-corrected chi connectivity index (χ4v) is 3.34. The Balaban J connectivity index is 1.61. The van der Waals surface area contributed by atoms with E-state index in [0.29, 0.717) is 25.4 Å². The van der Waals surface area contributed by atoms with Crippen molar-refractivity contribution in [3.05, 3.63) is 71.2 Å². The van der Waals surface area contributed by atoms with Crippen LogP contribution in [0.1, 0.15) is 33.4 Å². The lowest BCUT2D eigenvalue weighted by molar-refractivity contribution is -0.0230. The molecular formula is C20H21N3O2. The van der Waals surface area contributed by atoms with E-state index in [0.717, 1.165) is 16.9 Å². The molecule has 0 spiro atoms. The van der Waals surface area contributed by atoms with E-state index < -0.39 is 0 Å². The first-order valence-electron chi connectivity index (χ1n) is 8.54. The van der Waals surface area contributed by atoms with Crippen molar-refractivity contribution >= 4 is 11.6 Å². The first-order valence-corrected chi connectivity index (χ1v) is 8.54. The van der Waals surface area contributed by atoms with E-state index in [9.17, 15) is 4.79 Å². The zero-order chi connectivity index (χ0) is 17.4. The molecule has 1 saturated heterocycles. The maximum Gasteiger partial charge on any atom is 0.272 e. The van der Waals surface area contributed by atoms with Crippen LogP contribution in [-0.2, 0) is 4.74 Å². The third-order valence-corrected chi connectivity index (χ3v) is 4.71. The smallest absolute Gasteiger partial charge is 0.272 e. The summed E-state index contributed by atoms with van der Waals surface area (Å²) in [5, 5.41) is 0. The number of fused-ring (bicyclic) bond motifs is 1. The Morgan fingerprint density at radius 3 is 2.76 bits per heavy atom. The molecular weight excluding hydrogens is 314 g/mol. The van der Waals surface area contributed by atoms with Crippen LogP contribution in [-0.4, -0.2) is 39.9 Å². The van der Waals surface area contributed by atoms with Gasteiger partial charge in [0.05, 0.1) is 18.8 Å². The van der Waals surface area contributed by atoms with Gasteiger partial charge in [0.25, 0.3) is 5.91 Å². The molecule has 2 aromatic heterocycles. The van der Waals surface area contributed by atoms with Crippen LogP contribution in [0.15, 0.2) is 48.7 Å². The van der Waals surface area contributed by atoms with Crippen LogP contribution < -0.4 is 0 Å². The van der Waals surface area contributed by atoms with E-state index in [-0.39, 0.29) is 12.0 Å². The summed E-state index contributed by atoms with van der Waals surface area (Å²) in [5.74, 6) is 0.0108. The van der Waals surface area contributed by atoms with Gasteiger partial charge in [-0.15, -0.1) is 0 Å². The van der Waals surface area contributed by atoms with Crippen molar-refractivity contribution < 1.29 is 9.53 Å². The average molecular weight is 335 g/mol. The molecule has 0 bridgehead atoms. The van der Waals surface area contributed by atoms with Crippen LogP contribution in [0.2, 0.25) is 0 Å². The van der Waals surface area contributed by atoms with Gasteiger partial charge >= 0.3 is 0 Å². The second-order valence-corrected chi connectivity index (χ2v) is 6.50. The molecule has 0 saturated carbocycles. The zero-order valence-electron chi connectivity index (χ0n) is 14.5. The Hall–Kier alpha value is -2.66. The van der Waals surface area contributed by atoms with Gasteiger partial charge in [-0.2, -0.15) is 0 Å². The molecule has 1 atom stereocenters. The molecule has 1 aromatic carbocycles. The second kappa shape index (κ2) is 6.33. The highest BCUT2D eigenvalue weighted by Crippen LogP contribution is 2.24. The van der Waals surface area contributed by atoms with Gasteiger partial charge in [-0.1, -0.05) is 35.9 Å². The maximum atomic E-state index is 13.1. The van der Waals surface area contributed by atoms with Crippen LogP contribution in [0.3, 0.4) is 0 Å². The summed E-state index contributed by atoms with van der Waals surface area (Å²) in [6.07, 6.45) is 1.80. The number of rotatable bonds is 2. The van der Waals surface area contributed by atoms with Gasteiger partial charge in [0, 0.05) is 12.7 Å². The van der Waals surface area contributed by atoms with Gasteiger partial charge in [0.1, 0.15) is 17.4 Å². The zero-order valence-corrected chi connectivity index (χ0v) is 14.5. The Bertz CT molecular complexity index is 914. The van der Waals surface area contributed by atoms with E-state index in [1.54, 1.807) is 0 Å². The van der Waals surface area contributed by atoms with Crippen LogP contribution in [0.4, 0.5) is 0 Å². The summed E-state index contributed by atoms with van der Waals surface area (Å²) < 4.78 is 7.77. The van der Waals surface area contributed by atoms with Crippen molar-refractivity contribution in [3.8, 4) is 0 Å². The number of hydrogen-bond donors (Lipinski definition) is 0. The minimum atomic E-state index is -0.0854. The maximum absolute atomic E-state index is 13.1. The van der Waals surface area contributed by atoms with E-state index in [2.05, 4.69) is 36.2 Å². The number of pyridine rings is 1. The highest BCUT2D eigenvalue weighted by molar-refractivity contribution is 5.94. The summed E-state index contributed by atoms with van der Waals surface area (Å²) in [6, 6.07) is 14.1. The summed E-state index contributed by atoms with van der Waals surface area (Å²) in [4.78, 5) is 19.5. The number of aromatic nitrogens is 2. The first kappa shape index (κ1) is 15.8. The molecule has 1 aliphatic rings. The number of ether oxygens (including phenoxy) is 1. The molecule has 0 aliphatic carbocycles. The number of benzene rings is 1. The van der Waals surface area contributed by atoms with E-state index in [4.69, 9.17) is 4.74 Å². The predicted molar refractivity (Wildman–Crippen MR) is 95.7 cm³/mol. The van der Waals surface area contributed by atoms with Crippen LogP contribution >= 0.6 is 0 Å². The number of nitrogens with zero attached hydrogens (tertiary/aromatic N) is 3. The molecule has 3 heterocycles. The monoisotopic (exact) mass is 335 g/mol. The third-order valence-electron chi connectivity index (χ3n) is 4.71. The highest BCUT2D eigenvalue weighted by Gasteiger charge is 2.28. The average Bonchev–Trinajstić information content (AvgIpc) is 2.97. The molecule has 3 aromatic rings. The molecule has 1 unspecified atom stereocenters. The highest BCUT2D eigenvalue weighted by atomic mass is 16.5. The van der Waals surface area contributed by atoms with Gasteiger partial charge in [-0.3, -0.25) is 9.20 Å². The number of morpholine rings is 1. The van der Waals surface area contributed by atoms with Gasteiger partial charge in [-0.05, 0) is 31.5 Å². The summed E-state index contributed by atoms with van der Waals surface area (Å²) in [7, 11) is 0. The second-order valence-electron chi connectivity index (χ2n) is 6.50. The molecule has 5 nitrogen and oxygen atoms in total. The van der Waals surface area contributed by atoms with Crippen LogP contribution in [0.25, 0.3) is 5.65 Å². The topological polar surface area (TPSA) is 46.8 Å². The minimum Gasteiger partial charge on any atom is -0.370 e. The molecule has 1 amide bonds. The first-order chi connectivity index (χ1) is 12.1. The lowest BCUT2D eigenvalue weighted by Crippen LogP contribution is -2.42. The normalized spacial score (nSPS) is 17.8. The van der Waals surface area contributed by atoms with Gasteiger partial charge in [-0.25, -0.2) is 4.98 Å².